The van der Waals surface area contributed by atoms with Crippen LogP contribution >= 0.6 is 0 Å². The third-order valence-corrected chi connectivity index (χ3v) is 9.02. The molecule has 2 aromatic rings. The molecule has 6 heteroatoms. The number of para-hydroxylation sites is 1. The lowest BCUT2D eigenvalue weighted by Crippen LogP contribution is -2.60. The Bertz CT molecular complexity index is 1090. The first-order valence-corrected chi connectivity index (χ1v) is 13.2. The highest BCUT2D eigenvalue weighted by molar-refractivity contribution is 5.72. The maximum absolute atomic E-state index is 12.8. The quantitative estimate of drug-likeness (QED) is 0.555. The highest BCUT2D eigenvalue weighted by Gasteiger charge is 2.57. The van der Waals surface area contributed by atoms with Crippen LogP contribution in [0.4, 0.5) is 4.79 Å². The van der Waals surface area contributed by atoms with Crippen molar-refractivity contribution in [1.82, 2.24) is 9.80 Å². The number of rotatable bonds is 7. The summed E-state index contributed by atoms with van der Waals surface area (Å²) in [6, 6.07) is 14.9. The Morgan fingerprint density at radius 3 is 2.60 bits per heavy atom. The molecule has 1 saturated carbocycles. The second-order valence-corrected chi connectivity index (χ2v) is 10.9. The van der Waals surface area contributed by atoms with Crippen molar-refractivity contribution in [2.45, 2.75) is 50.6 Å². The molecule has 7 rings (SSSR count). The Hall–Kier alpha value is -2.57. The van der Waals surface area contributed by atoms with Crippen molar-refractivity contribution in [3.05, 3.63) is 53.6 Å². The van der Waals surface area contributed by atoms with E-state index in [4.69, 9.17) is 9.47 Å². The Balaban J connectivity index is 1.35. The van der Waals surface area contributed by atoms with Gasteiger partial charge in [0.05, 0.1) is 18.7 Å². The molecule has 3 saturated heterocycles. The van der Waals surface area contributed by atoms with Gasteiger partial charge in [-0.1, -0.05) is 36.4 Å². The first kappa shape index (κ1) is 22.9. The molecule has 3 heterocycles. The largest absolute Gasteiger partial charge is 0.491 e. The molecule has 2 aliphatic carbocycles. The van der Waals surface area contributed by atoms with E-state index in [1.165, 1.54) is 11.1 Å². The monoisotopic (exact) mass is 476 g/mol. The Labute approximate surface area is 207 Å². The third kappa shape index (κ3) is 4.11. The minimum atomic E-state index is -0.742. The molecular weight excluding hydrogens is 440 g/mol. The molecule has 186 valence electrons. The molecule has 2 atom stereocenters. The smallest absolute Gasteiger partial charge is 0.408 e. The maximum Gasteiger partial charge on any atom is 0.408 e. The Morgan fingerprint density at radius 2 is 1.91 bits per heavy atom. The van der Waals surface area contributed by atoms with Crippen LogP contribution in [0.5, 0.6) is 5.75 Å². The number of methoxy groups -OCH3 is 1. The normalized spacial score (nSPS) is 27.9. The fourth-order valence-corrected chi connectivity index (χ4v) is 6.99. The van der Waals surface area contributed by atoms with Crippen molar-refractivity contribution in [3.8, 4) is 16.9 Å². The lowest BCUT2D eigenvalue weighted by molar-refractivity contribution is -0.0243. The number of amides is 1. The van der Waals surface area contributed by atoms with Gasteiger partial charge in [0.2, 0.25) is 0 Å². The molecule has 0 aromatic heterocycles. The SMILES string of the molecule is COCCOc1ccccc1-c1ccc2c(c1)CCC1(CC1)C2N(C(=O)O)[C@@H]1CN2CCC1CC2. The number of aryl methyl sites for hydroxylation is 1. The van der Waals surface area contributed by atoms with Crippen LogP contribution in [0.3, 0.4) is 0 Å². The van der Waals surface area contributed by atoms with Crippen LogP contribution in [-0.2, 0) is 11.2 Å². The van der Waals surface area contributed by atoms with Gasteiger partial charge in [0.25, 0.3) is 0 Å². The number of hydrogen-bond acceptors (Lipinski definition) is 4. The average molecular weight is 477 g/mol. The maximum atomic E-state index is 12.8. The van der Waals surface area contributed by atoms with E-state index >= 15 is 0 Å². The molecular formula is C29H36N2O4. The number of benzene rings is 2. The summed E-state index contributed by atoms with van der Waals surface area (Å²) in [5.74, 6) is 1.35. The summed E-state index contributed by atoms with van der Waals surface area (Å²) in [4.78, 5) is 17.2. The number of hydrogen-bond donors (Lipinski definition) is 1. The zero-order valence-corrected chi connectivity index (χ0v) is 20.6. The van der Waals surface area contributed by atoms with Gasteiger partial charge in [0.15, 0.2) is 0 Å². The summed E-state index contributed by atoms with van der Waals surface area (Å²) in [5.41, 5.74) is 4.85. The number of fused-ring (bicyclic) bond motifs is 4. The van der Waals surface area contributed by atoms with E-state index in [1.54, 1.807) is 7.11 Å². The third-order valence-electron chi connectivity index (χ3n) is 9.02. The minimum Gasteiger partial charge on any atom is -0.491 e. The summed E-state index contributed by atoms with van der Waals surface area (Å²) in [6.45, 7) is 4.19. The van der Waals surface area contributed by atoms with Gasteiger partial charge in [-0.2, -0.15) is 0 Å². The number of carboxylic acid groups (broad SMARTS) is 1. The zero-order chi connectivity index (χ0) is 24.0. The Morgan fingerprint density at radius 1 is 1.11 bits per heavy atom. The van der Waals surface area contributed by atoms with Gasteiger partial charge in [-0.15, -0.1) is 0 Å². The fraction of sp³-hybridized carbons (Fsp3) is 0.552. The summed E-state index contributed by atoms with van der Waals surface area (Å²) >= 11 is 0. The number of piperidine rings is 3. The predicted octanol–water partition coefficient (Wildman–Crippen LogP) is 5.22. The topological polar surface area (TPSA) is 62.2 Å². The van der Waals surface area contributed by atoms with E-state index in [2.05, 4.69) is 29.2 Å². The van der Waals surface area contributed by atoms with E-state index in [0.717, 1.165) is 75.0 Å². The first-order valence-electron chi connectivity index (χ1n) is 13.2. The second kappa shape index (κ2) is 9.14. The Kier molecular flexibility index (Phi) is 5.97. The highest BCUT2D eigenvalue weighted by atomic mass is 16.5. The van der Waals surface area contributed by atoms with Crippen molar-refractivity contribution in [3.63, 3.8) is 0 Å². The lowest BCUT2D eigenvalue weighted by atomic mass is 9.73. The van der Waals surface area contributed by atoms with Crippen molar-refractivity contribution < 1.29 is 19.4 Å². The number of ether oxygens (including phenoxy) is 2. The van der Waals surface area contributed by atoms with Crippen LogP contribution in [0.2, 0.25) is 0 Å². The highest BCUT2D eigenvalue weighted by Crippen LogP contribution is 2.64. The number of nitrogens with zero attached hydrogens (tertiary/aromatic N) is 2. The first-order chi connectivity index (χ1) is 17.1. The average Bonchev–Trinajstić information content (AvgIpc) is 3.66. The molecule has 1 amide bonds. The van der Waals surface area contributed by atoms with Crippen LogP contribution in [0.1, 0.15) is 49.3 Å². The summed E-state index contributed by atoms with van der Waals surface area (Å²) in [6.07, 6.45) is 5.87. The summed E-state index contributed by atoms with van der Waals surface area (Å²) in [7, 11) is 1.68. The second-order valence-electron chi connectivity index (χ2n) is 10.9. The summed E-state index contributed by atoms with van der Waals surface area (Å²) < 4.78 is 11.2. The van der Waals surface area contributed by atoms with Gasteiger partial charge in [0, 0.05) is 19.2 Å². The van der Waals surface area contributed by atoms with Crippen LogP contribution in [0, 0.1) is 11.3 Å². The van der Waals surface area contributed by atoms with E-state index in [9.17, 15) is 9.90 Å². The molecule has 2 bridgehead atoms. The molecule has 3 aliphatic heterocycles. The van der Waals surface area contributed by atoms with Crippen molar-refractivity contribution in [2.75, 3.05) is 40.0 Å². The minimum absolute atomic E-state index is 0.0310. The lowest BCUT2D eigenvalue weighted by Gasteiger charge is -2.52. The molecule has 1 N–H and O–H groups in total. The van der Waals surface area contributed by atoms with Gasteiger partial charge in [0.1, 0.15) is 12.4 Å². The fourth-order valence-electron chi connectivity index (χ4n) is 6.99. The molecule has 1 unspecified atom stereocenters. The van der Waals surface area contributed by atoms with Gasteiger partial charge in [-0.25, -0.2) is 4.79 Å². The van der Waals surface area contributed by atoms with E-state index in [0.29, 0.717) is 19.1 Å². The van der Waals surface area contributed by atoms with Gasteiger partial charge in [-0.05, 0) is 85.7 Å². The van der Waals surface area contributed by atoms with Crippen molar-refractivity contribution in [2.24, 2.45) is 11.3 Å². The van der Waals surface area contributed by atoms with Crippen molar-refractivity contribution in [1.29, 1.82) is 0 Å². The van der Waals surface area contributed by atoms with E-state index in [1.807, 2.05) is 23.1 Å². The van der Waals surface area contributed by atoms with Crippen molar-refractivity contribution >= 4 is 6.09 Å². The standard InChI is InChI=1S/C29H36N2O4/c1-34-16-17-35-26-5-3-2-4-23(26)21-6-7-24-22(18-21)8-11-29(12-13-29)27(24)31(28(32)33)25-19-30-14-9-20(25)10-15-30/h2-7,18,20,25,27H,8-17,19H2,1H3,(H,32,33)/t25-,27?/m1/s1. The molecule has 5 aliphatic rings. The summed E-state index contributed by atoms with van der Waals surface area (Å²) in [5, 5.41) is 10.5. The van der Waals surface area contributed by atoms with Gasteiger partial charge in [-0.3, -0.25) is 4.90 Å². The van der Waals surface area contributed by atoms with Crippen LogP contribution in [0.15, 0.2) is 42.5 Å². The van der Waals surface area contributed by atoms with Gasteiger partial charge < -0.3 is 19.5 Å². The molecule has 1 spiro atoms. The molecule has 6 nitrogen and oxygen atoms in total. The molecule has 35 heavy (non-hydrogen) atoms. The van der Waals surface area contributed by atoms with E-state index < -0.39 is 6.09 Å². The van der Waals surface area contributed by atoms with Crippen LogP contribution in [0.25, 0.3) is 11.1 Å². The van der Waals surface area contributed by atoms with Crippen LogP contribution < -0.4 is 4.74 Å². The van der Waals surface area contributed by atoms with E-state index in [-0.39, 0.29) is 17.5 Å². The molecule has 2 aromatic carbocycles. The number of carbonyl (C=O) groups is 1. The molecule has 4 fully saturated rings. The molecule has 0 radical (unpaired) electrons. The van der Waals surface area contributed by atoms with Crippen LogP contribution in [-0.4, -0.2) is 67.0 Å². The predicted molar refractivity (Wildman–Crippen MR) is 135 cm³/mol. The zero-order valence-electron chi connectivity index (χ0n) is 20.6. The van der Waals surface area contributed by atoms with Gasteiger partial charge >= 0.3 is 6.09 Å².